The fraction of sp³-hybridized carbons (Fsp3) is 0.389. The summed E-state index contributed by atoms with van der Waals surface area (Å²) in [7, 11) is 1.91. The lowest BCUT2D eigenvalue weighted by Gasteiger charge is -2.18. The third-order valence-corrected chi connectivity index (χ3v) is 4.21. The Bertz CT molecular complexity index is 681. The van der Waals surface area contributed by atoms with Crippen LogP contribution in [0.2, 0.25) is 0 Å². The highest BCUT2D eigenvalue weighted by Crippen LogP contribution is 2.21. The van der Waals surface area contributed by atoms with E-state index in [-0.39, 0.29) is 11.9 Å². The molecule has 3 rings (SSSR count). The highest BCUT2D eigenvalue weighted by molar-refractivity contribution is 5.93. The third kappa shape index (κ3) is 3.67. The number of carbonyl (C=O) groups is 1. The number of rotatable bonds is 4. The van der Waals surface area contributed by atoms with Crippen LogP contribution in [0.4, 0.5) is 11.6 Å². The van der Waals surface area contributed by atoms with Gasteiger partial charge in [0.2, 0.25) is 5.95 Å². The fourth-order valence-corrected chi connectivity index (χ4v) is 2.92. The number of anilines is 2. The maximum atomic E-state index is 12.4. The number of benzene rings is 1. The molecule has 1 saturated carbocycles. The normalized spacial score (nSPS) is 14.7. The maximum absolute atomic E-state index is 12.4. The molecule has 0 aliphatic heterocycles. The Morgan fingerprint density at radius 3 is 2.57 bits per heavy atom. The maximum Gasteiger partial charge on any atom is 0.270 e. The van der Waals surface area contributed by atoms with Gasteiger partial charge in [-0.1, -0.05) is 31.0 Å². The van der Waals surface area contributed by atoms with Crippen LogP contribution in [0.3, 0.4) is 0 Å². The van der Waals surface area contributed by atoms with Crippen molar-refractivity contribution in [3.8, 4) is 0 Å². The van der Waals surface area contributed by atoms with Gasteiger partial charge in [-0.15, -0.1) is 0 Å². The second-order valence-electron chi connectivity index (χ2n) is 6.04. The van der Waals surface area contributed by atoms with Gasteiger partial charge in [0.05, 0.1) is 0 Å². The van der Waals surface area contributed by atoms with Gasteiger partial charge in [-0.25, -0.2) is 9.97 Å². The van der Waals surface area contributed by atoms with Crippen LogP contribution in [0.25, 0.3) is 0 Å². The van der Waals surface area contributed by atoms with E-state index >= 15 is 0 Å². The molecular formula is C18H22N4O. The Hall–Kier alpha value is -2.43. The van der Waals surface area contributed by atoms with Crippen molar-refractivity contribution >= 4 is 17.5 Å². The zero-order valence-corrected chi connectivity index (χ0v) is 13.6. The molecular weight excluding hydrogens is 288 g/mol. The average Bonchev–Trinajstić information content (AvgIpc) is 3.07. The SMILES string of the molecule is Cc1cc(C(=O)NC2CCCC2)nc(N(C)c2ccccc2)n1. The van der Waals surface area contributed by atoms with Crippen LogP contribution in [0.5, 0.6) is 0 Å². The molecule has 5 nitrogen and oxygen atoms in total. The molecule has 1 N–H and O–H groups in total. The van der Waals surface area contributed by atoms with Crippen molar-refractivity contribution in [1.82, 2.24) is 15.3 Å². The number of hydrogen-bond donors (Lipinski definition) is 1. The highest BCUT2D eigenvalue weighted by Gasteiger charge is 2.20. The van der Waals surface area contributed by atoms with Gasteiger partial charge >= 0.3 is 0 Å². The number of aryl methyl sites for hydroxylation is 1. The molecule has 0 unspecified atom stereocenters. The van der Waals surface area contributed by atoms with Crippen molar-refractivity contribution in [3.05, 3.63) is 47.8 Å². The van der Waals surface area contributed by atoms with E-state index in [1.165, 1.54) is 12.8 Å². The van der Waals surface area contributed by atoms with Crippen LogP contribution in [-0.2, 0) is 0 Å². The number of hydrogen-bond acceptors (Lipinski definition) is 4. The minimum Gasteiger partial charge on any atom is -0.348 e. The summed E-state index contributed by atoms with van der Waals surface area (Å²) in [5.41, 5.74) is 2.21. The molecule has 1 aromatic heterocycles. The van der Waals surface area contributed by atoms with Crippen molar-refractivity contribution < 1.29 is 4.79 Å². The van der Waals surface area contributed by atoms with E-state index in [4.69, 9.17) is 0 Å². The van der Waals surface area contributed by atoms with Gasteiger partial charge in [-0.3, -0.25) is 4.79 Å². The molecule has 0 saturated heterocycles. The molecule has 1 fully saturated rings. The largest absolute Gasteiger partial charge is 0.348 e. The topological polar surface area (TPSA) is 58.1 Å². The van der Waals surface area contributed by atoms with E-state index in [1.54, 1.807) is 6.07 Å². The summed E-state index contributed by atoms with van der Waals surface area (Å²) < 4.78 is 0. The summed E-state index contributed by atoms with van der Waals surface area (Å²) in [6, 6.07) is 11.9. The number of nitrogens with one attached hydrogen (secondary N) is 1. The van der Waals surface area contributed by atoms with Gasteiger partial charge in [0.1, 0.15) is 5.69 Å². The lowest BCUT2D eigenvalue weighted by Crippen LogP contribution is -2.33. The van der Waals surface area contributed by atoms with E-state index in [9.17, 15) is 4.79 Å². The molecule has 1 amide bonds. The molecule has 1 aliphatic carbocycles. The quantitative estimate of drug-likeness (QED) is 0.942. The third-order valence-electron chi connectivity index (χ3n) is 4.21. The molecule has 120 valence electrons. The monoisotopic (exact) mass is 310 g/mol. The lowest BCUT2D eigenvalue weighted by atomic mass is 10.2. The molecule has 1 heterocycles. The fourth-order valence-electron chi connectivity index (χ4n) is 2.92. The molecule has 1 aliphatic rings. The second kappa shape index (κ2) is 6.77. The predicted molar refractivity (Wildman–Crippen MR) is 91.0 cm³/mol. The second-order valence-corrected chi connectivity index (χ2v) is 6.04. The van der Waals surface area contributed by atoms with E-state index in [0.29, 0.717) is 11.6 Å². The Morgan fingerprint density at radius 2 is 1.87 bits per heavy atom. The van der Waals surface area contributed by atoms with Crippen molar-refractivity contribution in [2.45, 2.75) is 38.6 Å². The zero-order chi connectivity index (χ0) is 16.2. The van der Waals surface area contributed by atoms with Crippen molar-refractivity contribution in [2.24, 2.45) is 0 Å². The van der Waals surface area contributed by atoms with Crippen LogP contribution in [0.1, 0.15) is 41.9 Å². The lowest BCUT2D eigenvalue weighted by molar-refractivity contribution is 0.0932. The van der Waals surface area contributed by atoms with Gasteiger partial charge < -0.3 is 10.2 Å². The smallest absolute Gasteiger partial charge is 0.270 e. The molecule has 1 aromatic carbocycles. The van der Waals surface area contributed by atoms with Crippen LogP contribution < -0.4 is 10.2 Å². The standard InChI is InChI=1S/C18H22N4O/c1-13-12-16(17(23)20-14-8-6-7-9-14)21-18(19-13)22(2)15-10-4-3-5-11-15/h3-5,10-12,14H,6-9H2,1-2H3,(H,20,23). The molecule has 0 spiro atoms. The minimum atomic E-state index is -0.106. The summed E-state index contributed by atoms with van der Waals surface area (Å²) in [6.07, 6.45) is 4.50. The van der Waals surface area contributed by atoms with Crippen molar-refractivity contribution in [3.63, 3.8) is 0 Å². The first-order chi connectivity index (χ1) is 11.1. The number of carbonyl (C=O) groups excluding carboxylic acids is 1. The number of para-hydroxylation sites is 1. The molecule has 23 heavy (non-hydrogen) atoms. The Labute approximate surface area is 136 Å². The van der Waals surface area contributed by atoms with Gasteiger partial charge in [0, 0.05) is 24.5 Å². The van der Waals surface area contributed by atoms with Crippen LogP contribution >= 0.6 is 0 Å². The molecule has 5 heteroatoms. The van der Waals surface area contributed by atoms with Crippen LogP contribution in [0.15, 0.2) is 36.4 Å². The van der Waals surface area contributed by atoms with Crippen molar-refractivity contribution in [1.29, 1.82) is 0 Å². The first kappa shape index (κ1) is 15.5. The Kier molecular flexibility index (Phi) is 4.55. The summed E-state index contributed by atoms with van der Waals surface area (Å²) >= 11 is 0. The zero-order valence-electron chi connectivity index (χ0n) is 13.6. The number of amides is 1. The molecule has 0 radical (unpaired) electrons. The van der Waals surface area contributed by atoms with E-state index in [2.05, 4.69) is 15.3 Å². The number of aromatic nitrogens is 2. The molecule has 0 bridgehead atoms. The minimum absolute atomic E-state index is 0.106. The Morgan fingerprint density at radius 1 is 1.17 bits per heavy atom. The predicted octanol–water partition coefficient (Wildman–Crippen LogP) is 3.23. The van der Waals surface area contributed by atoms with E-state index < -0.39 is 0 Å². The van der Waals surface area contributed by atoms with Gasteiger partial charge in [-0.05, 0) is 38.0 Å². The van der Waals surface area contributed by atoms with Crippen LogP contribution in [0, 0.1) is 6.92 Å². The Balaban J connectivity index is 1.82. The van der Waals surface area contributed by atoms with Crippen molar-refractivity contribution in [2.75, 3.05) is 11.9 Å². The average molecular weight is 310 g/mol. The van der Waals surface area contributed by atoms with Gasteiger partial charge in [0.25, 0.3) is 5.91 Å². The first-order valence-corrected chi connectivity index (χ1v) is 8.09. The van der Waals surface area contributed by atoms with E-state index in [0.717, 1.165) is 24.2 Å². The van der Waals surface area contributed by atoms with Crippen LogP contribution in [-0.4, -0.2) is 29.0 Å². The molecule has 2 aromatic rings. The van der Waals surface area contributed by atoms with E-state index in [1.807, 2.05) is 49.2 Å². The highest BCUT2D eigenvalue weighted by atomic mass is 16.1. The summed E-state index contributed by atoms with van der Waals surface area (Å²) in [5.74, 6) is 0.429. The summed E-state index contributed by atoms with van der Waals surface area (Å²) in [6.45, 7) is 1.89. The first-order valence-electron chi connectivity index (χ1n) is 8.09. The van der Waals surface area contributed by atoms with Gasteiger partial charge in [0.15, 0.2) is 0 Å². The number of nitrogens with zero attached hydrogens (tertiary/aromatic N) is 3. The summed E-state index contributed by atoms with van der Waals surface area (Å²) in [4.78, 5) is 23.2. The van der Waals surface area contributed by atoms with Gasteiger partial charge in [-0.2, -0.15) is 0 Å². The molecule has 0 atom stereocenters. The summed E-state index contributed by atoms with van der Waals surface area (Å²) in [5, 5.41) is 3.08.